The molecular weight excluding hydrogens is 498 g/mol. The van der Waals surface area contributed by atoms with E-state index in [4.69, 9.17) is 4.74 Å². The van der Waals surface area contributed by atoms with Crippen LogP contribution in [0, 0.1) is 5.92 Å². The summed E-state index contributed by atoms with van der Waals surface area (Å²) in [5.41, 5.74) is 2.59. The van der Waals surface area contributed by atoms with Gasteiger partial charge in [0.1, 0.15) is 6.10 Å². The topological polar surface area (TPSA) is 115 Å². The van der Waals surface area contributed by atoms with Gasteiger partial charge in [0.15, 0.2) is 14.9 Å². The van der Waals surface area contributed by atoms with Crippen molar-refractivity contribution in [3.05, 3.63) is 42.5 Å². The summed E-state index contributed by atoms with van der Waals surface area (Å²) in [5.74, 6) is 1.23. The Balaban J connectivity index is 1.18. The number of fused-ring (bicyclic) bond motifs is 1. The number of nitrogens with zero attached hydrogens (tertiary/aromatic N) is 7. The first kappa shape index (κ1) is 24.6. The summed E-state index contributed by atoms with van der Waals surface area (Å²) in [7, 11) is -3.34. The van der Waals surface area contributed by atoms with Gasteiger partial charge in [0.25, 0.3) is 5.19 Å². The van der Waals surface area contributed by atoms with Gasteiger partial charge in [-0.3, -0.25) is 0 Å². The van der Waals surface area contributed by atoms with Crippen molar-refractivity contribution in [3.63, 3.8) is 0 Å². The highest BCUT2D eigenvalue weighted by Crippen LogP contribution is 2.30. The fourth-order valence-electron chi connectivity index (χ4n) is 4.37. The number of rotatable bonds is 8. The van der Waals surface area contributed by atoms with Crippen LogP contribution in [0.3, 0.4) is 0 Å². The summed E-state index contributed by atoms with van der Waals surface area (Å²) in [6.45, 7) is 6.07. The van der Waals surface area contributed by atoms with Crippen molar-refractivity contribution in [2.24, 2.45) is 5.92 Å². The zero-order valence-electron chi connectivity index (χ0n) is 20.5. The second-order valence-corrected chi connectivity index (χ2v) is 12.0. The van der Waals surface area contributed by atoms with Crippen molar-refractivity contribution < 1.29 is 13.2 Å². The van der Waals surface area contributed by atoms with E-state index in [-0.39, 0.29) is 11.1 Å². The lowest BCUT2D eigenvalue weighted by Gasteiger charge is -2.34. The van der Waals surface area contributed by atoms with Crippen LogP contribution in [0.2, 0.25) is 0 Å². The van der Waals surface area contributed by atoms with Gasteiger partial charge in [-0.25, -0.2) is 32.9 Å². The number of hydrogen-bond donors (Lipinski definition) is 0. The Bertz CT molecular complexity index is 1390. The van der Waals surface area contributed by atoms with Crippen LogP contribution in [0.1, 0.15) is 38.7 Å². The molecule has 190 valence electrons. The third-order valence-electron chi connectivity index (χ3n) is 6.44. The molecule has 0 aromatic carbocycles. The fourth-order valence-corrected chi connectivity index (χ4v) is 5.75. The number of ether oxygens (including phenoxy) is 1. The molecule has 1 aliphatic rings. The molecule has 0 radical (unpaired) electrons. The maximum atomic E-state index is 11.6. The Labute approximate surface area is 214 Å². The average molecular weight is 528 g/mol. The van der Waals surface area contributed by atoms with E-state index < -0.39 is 9.84 Å². The second kappa shape index (κ2) is 10.1. The van der Waals surface area contributed by atoms with E-state index >= 15 is 0 Å². The number of piperidine rings is 1. The number of anilines is 1. The molecule has 1 aliphatic heterocycles. The molecular formula is C24H29N7O3S2. The zero-order valence-corrected chi connectivity index (χ0v) is 22.2. The summed E-state index contributed by atoms with van der Waals surface area (Å²) in [5, 5.41) is 5.16. The maximum Gasteiger partial charge on any atom is 0.294 e. The number of pyridine rings is 1. The van der Waals surface area contributed by atoms with Crippen molar-refractivity contribution in [2.45, 2.75) is 50.7 Å². The summed E-state index contributed by atoms with van der Waals surface area (Å²) in [4.78, 5) is 20.7. The van der Waals surface area contributed by atoms with Crippen LogP contribution in [0.25, 0.3) is 16.2 Å². The predicted molar refractivity (Wildman–Crippen MR) is 138 cm³/mol. The third kappa shape index (κ3) is 5.34. The van der Waals surface area contributed by atoms with Crippen LogP contribution < -0.4 is 9.64 Å². The molecule has 0 saturated carbocycles. The first-order valence-corrected chi connectivity index (χ1v) is 14.8. The predicted octanol–water partition coefficient (Wildman–Crippen LogP) is 3.68. The van der Waals surface area contributed by atoms with Crippen molar-refractivity contribution in [1.82, 2.24) is 29.5 Å². The van der Waals surface area contributed by atoms with Gasteiger partial charge in [-0.05, 0) is 61.1 Å². The number of sulfone groups is 1. The lowest BCUT2D eigenvalue weighted by Crippen LogP contribution is -2.39. The molecule has 36 heavy (non-hydrogen) atoms. The minimum atomic E-state index is -3.34. The molecule has 0 amide bonds. The quantitative estimate of drug-likeness (QED) is 0.338. The van der Waals surface area contributed by atoms with E-state index in [0.29, 0.717) is 21.8 Å². The molecule has 0 bridgehead atoms. The Morgan fingerprint density at radius 1 is 1.14 bits per heavy atom. The number of aryl methyl sites for hydroxylation is 1. The van der Waals surface area contributed by atoms with Gasteiger partial charge in [-0.2, -0.15) is 0 Å². The van der Waals surface area contributed by atoms with Gasteiger partial charge >= 0.3 is 0 Å². The summed E-state index contributed by atoms with van der Waals surface area (Å²) in [6, 6.07) is 3.19. The van der Waals surface area contributed by atoms with Crippen LogP contribution in [-0.2, 0) is 16.3 Å². The molecule has 1 atom stereocenters. The molecule has 0 N–H and O–H groups in total. The lowest BCUT2D eigenvalue weighted by atomic mass is 9.92. The van der Waals surface area contributed by atoms with E-state index in [2.05, 4.69) is 43.8 Å². The summed E-state index contributed by atoms with van der Waals surface area (Å²) < 4.78 is 31.1. The van der Waals surface area contributed by atoms with Crippen LogP contribution in [0.15, 0.2) is 41.9 Å². The van der Waals surface area contributed by atoms with E-state index in [9.17, 15) is 8.42 Å². The van der Waals surface area contributed by atoms with E-state index in [0.717, 1.165) is 56.5 Å². The average Bonchev–Trinajstić information content (AvgIpc) is 3.43. The minimum absolute atomic E-state index is 0.0306. The first-order chi connectivity index (χ1) is 17.3. The van der Waals surface area contributed by atoms with Gasteiger partial charge in [0.05, 0.1) is 11.9 Å². The number of imidazole rings is 1. The molecule has 5 rings (SSSR count). The van der Waals surface area contributed by atoms with Crippen LogP contribution >= 0.6 is 11.3 Å². The number of hydrogen-bond acceptors (Lipinski definition) is 10. The Kier molecular flexibility index (Phi) is 6.89. The number of aromatic nitrogens is 6. The maximum absolute atomic E-state index is 11.6. The first-order valence-electron chi connectivity index (χ1n) is 12.1. The zero-order chi connectivity index (χ0) is 25.3. The van der Waals surface area contributed by atoms with Crippen molar-refractivity contribution in [3.8, 4) is 16.5 Å². The van der Waals surface area contributed by atoms with Gasteiger partial charge in [-0.15, -0.1) is 5.10 Å². The Hall–Kier alpha value is -3.12. The van der Waals surface area contributed by atoms with Crippen LogP contribution in [0.4, 0.5) is 5.95 Å². The normalized spacial score (nSPS) is 15.9. The van der Waals surface area contributed by atoms with Gasteiger partial charge in [0.2, 0.25) is 10.9 Å². The van der Waals surface area contributed by atoms with Gasteiger partial charge in [-0.1, -0.05) is 13.3 Å². The Morgan fingerprint density at radius 2 is 1.89 bits per heavy atom. The highest BCUT2D eigenvalue weighted by atomic mass is 32.2. The Morgan fingerprint density at radius 3 is 2.50 bits per heavy atom. The van der Waals surface area contributed by atoms with Gasteiger partial charge in [0, 0.05) is 43.5 Å². The standard InChI is InChI=1S/C24H29N7O3S2/c1-4-5-17-12-26-22(27-13-17)30-10-8-18(9-11-30)16(2)34-24-29-31-15-20(28-23(31)35-24)19-6-7-21(25-14-19)36(3,32)33/h6-7,12-16,18H,4-5,8-11H2,1-3H3/t16-/m1/s1. The largest absolute Gasteiger partial charge is 0.466 e. The highest BCUT2D eigenvalue weighted by molar-refractivity contribution is 7.90. The van der Waals surface area contributed by atoms with Crippen LogP contribution in [0.5, 0.6) is 5.19 Å². The van der Waals surface area contributed by atoms with E-state index in [1.54, 1.807) is 16.8 Å². The smallest absolute Gasteiger partial charge is 0.294 e. The van der Waals surface area contributed by atoms with Crippen molar-refractivity contribution >= 4 is 32.1 Å². The molecule has 4 aromatic heterocycles. The van der Waals surface area contributed by atoms with E-state index in [1.165, 1.54) is 29.2 Å². The molecule has 10 nitrogen and oxygen atoms in total. The monoisotopic (exact) mass is 527 g/mol. The minimum Gasteiger partial charge on any atom is -0.466 e. The fraction of sp³-hybridized carbons (Fsp3) is 0.458. The molecule has 1 saturated heterocycles. The van der Waals surface area contributed by atoms with Crippen molar-refractivity contribution in [2.75, 3.05) is 24.2 Å². The van der Waals surface area contributed by atoms with E-state index in [1.807, 2.05) is 12.4 Å². The highest BCUT2D eigenvalue weighted by Gasteiger charge is 2.27. The van der Waals surface area contributed by atoms with Crippen molar-refractivity contribution in [1.29, 1.82) is 0 Å². The molecule has 0 unspecified atom stereocenters. The summed E-state index contributed by atoms with van der Waals surface area (Å²) in [6.07, 6.45) is 12.5. The molecule has 1 fully saturated rings. The molecule has 5 heterocycles. The van der Waals surface area contributed by atoms with Crippen LogP contribution in [-0.4, -0.2) is 63.4 Å². The summed E-state index contributed by atoms with van der Waals surface area (Å²) >= 11 is 1.39. The molecule has 12 heteroatoms. The molecule has 4 aromatic rings. The second-order valence-electron chi connectivity index (χ2n) is 9.17. The molecule has 0 aliphatic carbocycles. The van der Waals surface area contributed by atoms with Gasteiger partial charge < -0.3 is 9.64 Å². The lowest BCUT2D eigenvalue weighted by molar-refractivity contribution is 0.131. The molecule has 0 spiro atoms. The third-order valence-corrected chi connectivity index (χ3v) is 8.25. The SMILES string of the molecule is CCCc1cnc(N2CCC([C@@H](C)Oc3nn4cc(-c5ccc(S(C)(=O)=O)nc5)nc4s3)CC2)nc1.